The molecule has 16 nitrogen and oxygen atoms in total. The Labute approximate surface area is 271 Å². The maximum Gasteiger partial charge on any atom is 0.508 e. The first-order valence-corrected chi connectivity index (χ1v) is 15.8. The molecule has 0 aliphatic heterocycles. The monoisotopic (exact) mass is 668 g/mol. The van der Waals surface area contributed by atoms with Gasteiger partial charge in [-0.1, -0.05) is 32.4 Å². The quantitative estimate of drug-likeness (QED) is 0.116. The van der Waals surface area contributed by atoms with E-state index in [-0.39, 0.29) is 85.8 Å². The van der Waals surface area contributed by atoms with Crippen molar-refractivity contribution in [1.82, 2.24) is 0 Å². The highest BCUT2D eigenvalue weighted by molar-refractivity contribution is 6.01. The molecule has 0 amide bonds. The number of allylic oxidation sites excluding steroid dienone is 4. The van der Waals surface area contributed by atoms with Crippen molar-refractivity contribution >= 4 is 23.7 Å². The van der Waals surface area contributed by atoms with E-state index in [1.807, 2.05) is 6.08 Å². The lowest BCUT2D eigenvalue weighted by atomic mass is 9.46. The third-order valence-electron chi connectivity index (χ3n) is 10.2. The van der Waals surface area contributed by atoms with Crippen LogP contribution in [-0.2, 0) is 33.5 Å². The molecule has 4 rings (SSSR count). The van der Waals surface area contributed by atoms with Crippen LogP contribution in [-0.4, -0.2) is 76.6 Å². The van der Waals surface area contributed by atoms with Crippen molar-refractivity contribution in [2.45, 2.75) is 78.2 Å². The normalized spacial score (nSPS) is 31.8. The molecule has 4 aliphatic carbocycles. The van der Waals surface area contributed by atoms with Crippen LogP contribution in [0.1, 0.15) is 72.1 Å². The van der Waals surface area contributed by atoms with Gasteiger partial charge in [-0.05, 0) is 80.3 Å². The molecule has 2 N–H and O–H groups in total. The van der Waals surface area contributed by atoms with Crippen molar-refractivity contribution in [2.24, 2.45) is 40.4 Å². The molecule has 262 valence electrons. The van der Waals surface area contributed by atoms with Crippen LogP contribution in [0.3, 0.4) is 0 Å². The first-order valence-electron chi connectivity index (χ1n) is 15.8. The number of unbranched alkanes of at least 4 members (excludes halogenated alkanes) is 1. The second-order valence-corrected chi connectivity index (χ2v) is 13.2. The largest absolute Gasteiger partial charge is 0.508 e. The number of Topliss-reactive ketones (excluding diaryl/α,β-unsaturated/α-hetero) is 1. The van der Waals surface area contributed by atoms with Crippen LogP contribution in [0.25, 0.3) is 0 Å². The van der Waals surface area contributed by atoms with Gasteiger partial charge in [0.2, 0.25) is 0 Å². The molecule has 0 aromatic carbocycles. The van der Waals surface area contributed by atoms with Crippen molar-refractivity contribution in [3.05, 3.63) is 44.0 Å². The van der Waals surface area contributed by atoms with Gasteiger partial charge >= 0.3 is 12.1 Å². The van der Waals surface area contributed by atoms with Crippen molar-refractivity contribution < 1.29 is 58.7 Å². The highest BCUT2D eigenvalue weighted by Crippen LogP contribution is 2.67. The number of fused-ring (bicyclic) bond motifs is 5. The fourth-order valence-electron chi connectivity index (χ4n) is 8.50. The lowest BCUT2D eigenvalue weighted by Crippen LogP contribution is -2.56. The molecule has 0 radical (unpaired) electrons. The first-order chi connectivity index (χ1) is 22.1. The highest BCUT2D eigenvalue weighted by Gasteiger charge is 2.64. The number of carbonyl (C=O) groups is 4. The van der Waals surface area contributed by atoms with Gasteiger partial charge in [0.1, 0.15) is 0 Å². The van der Waals surface area contributed by atoms with E-state index in [1.54, 1.807) is 12.2 Å². The summed E-state index contributed by atoms with van der Waals surface area (Å²) < 4.78 is 10.1. The molecule has 0 bridgehead atoms. The van der Waals surface area contributed by atoms with E-state index >= 15 is 0 Å². The summed E-state index contributed by atoms with van der Waals surface area (Å²) >= 11 is 0. The Morgan fingerprint density at radius 2 is 1.66 bits per heavy atom. The number of carboxylic acids is 1. The van der Waals surface area contributed by atoms with Gasteiger partial charge in [0.25, 0.3) is 10.2 Å². The third kappa shape index (κ3) is 9.26. The van der Waals surface area contributed by atoms with Crippen LogP contribution in [0.15, 0.2) is 23.8 Å². The van der Waals surface area contributed by atoms with Gasteiger partial charge in [-0.25, -0.2) is 4.79 Å². The van der Waals surface area contributed by atoms with Crippen LogP contribution in [0.4, 0.5) is 4.79 Å². The lowest BCUT2D eigenvalue weighted by Gasteiger charge is -2.58. The molecule has 0 saturated heterocycles. The van der Waals surface area contributed by atoms with Gasteiger partial charge in [0.15, 0.2) is 18.2 Å². The molecule has 0 spiro atoms. The summed E-state index contributed by atoms with van der Waals surface area (Å²) in [6.45, 7) is 5.68. The SMILES string of the molecule is CC1CC2C3CCC4=CC(=O)C=CC4(C)C3C(O)CC2(C)C1C(=O)COC(=O)OCCCCO[N+](=O)[O-].O=C(O)CCCO[N+](=O)[O-]. The highest BCUT2D eigenvalue weighted by atomic mass is 17.0. The zero-order chi connectivity index (χ0) is 34.9. The number of rotatable bonds is 14. The smallest absolute Gasteiger partial charge is 0.481 e. The van der Waals surface area contributed by atoms with E-state index in [4.69, 9.17) is 14.6 Å². The molecule has 16 heteroatoms. The first kappa shape index (κ1) is 37.4. The van der Waals surface area contributed by atoms with E-state index in [0.29, 0.717) is 19.3 Å². The molecular weight excluding hydrogens is 624 g/mol. The number of nitrogens with zero attached hydrogens (tertiary/aromatic N) is 2. The van der Waals surface area contributed by atoms with Gasteiger partial charge in [-0.2, -0.15) is 0 Å². The van der Waals surface area contributed by atoms with E-state index in [1.165, 1.54) is 0 Å². The van der Waals surface area contributed by atoms with Crippen molar-refractivity contribution in [3.63, 3.8) is 0 Å². The summed E-state index contributed by atoms with van der Waals surface area (Å²) in [7, 11) is 0. The number of carbonyl (C=O) groups excluding carboxylic acids is 3. The van der Waals surface area contributed by atoms with Crippen LogP contribution in [0, 0.1) is 60.6 Å². The van der Waals surface area contributed by atoms with Gasteiger partial charge in [0, 0.05) is 23.7 Å². The minimum Gasteiger partial charge on any atom is -0.481 e. The van der Waals surface area contributed by atoms with Gasteiger partial charge < -0.3 is 29.4 Å². The van der Waals surface area contributed by atoms with Crippen LogP contribution < -0.4 is 0 Å². The maximum atomic E-state index is 13.3. The lowest BCUT2D eigenvalue weighted by molar-refractivity contribution is -0.757. The number of ketones is 2. The minimum absolute atomic E-state index is 0.00189. The van der Waals surface area contributed by atoms with E-state index in [0.717, 1.165) is 24.8 Å². The number of aliphatic carboxylic acids is 1. The molecule has 4 aliphatic rings. The Morgan fingerprint density at radius 3 is 2.30 bits per heavy atom. The number of ether oxygens (including phenoxy) is 2. The summed E-state index contributed by atoms with van der Waals surface area (Å²) in [5, 5.41) is 37.3. The predicted molar refractivity (Wildman–Crippen MR) is 160 cm³/mol. The standard InChI is InChI=1S/C27H37NO9.C4H7NO5/c1-16-12-20-19-7-6-17-13-18(29)8-9-26(17,2)24(19)21(30)14-27(20,3)23(16)22(31)15-36-25(32)35-10-4-5-11-37-28(33)34;6-4(7)2-1-3-10-5(8)9/h8-9,13,16,19-21,23-24,30H,4-7,10-12,14-15H2,1-3H3;1-3H2,(H,6,7). The predicted octanol–water partition coefficient (Wildman–Crippen LogP) is 3.90. The van der Waals surface area contributed by atoms with Crippen LogP contribution >= 0.6 is 0 Å². The maximum absolute atomic E-state index is 13.3. The number of hydrogen-bond acceptors (Lipinski definition) is 13. The number of aliphatic hydroxyl groups is 1. The van der Waals surface area contributed by atoms with Crippen LogP contribution in [0.2, 0.25) is 0 Å². The Bertz CT molecular complexity index is 1250. The Balaban J connectivity index is 0.000000520. The zero-order valence-corrected chi connectivity index (χ0v) is 26.9. The fraction of sp³-hybridized carbons (Fsp3) is 0.742. The topological polar surface area (TPSA) is 232 Å². The van der Waals surface area contributed by atoms with Gasteiger partial charge in [-0.3, -0.25) is 14.4 Å². The summed E-state index contributed by atoms with van der Waals surface area (Å²) in [5.41, 5.74) is 0.332. The van der Waals surface area contributed by atoms with Crippen LogP contribution in [0.5, 0.6) is 0 Å². The Kier molecular flexibility index (Phi) is 12.8. The molecule has 0 aromatic heterocycles. The average Bonchev–Trinajstić information content (AvgIpc) is 3.25. The number of hydrogen-bond donors (Lipinski definition) is 2. The number of carboxylic acid groups (broad SMARTS) is 1. The van der Waals surface area contributed by atoms with E-state index in [2.05, 4.69) is 30.4 Å². The molecule has 8 atom stereocenters. The van der Waals surface area contributed by atoms with E-state index in [9.17, 15) is 44.5 Å². The van der Waals surface area contributed by atoms with E-state index < -0.39 is 33.8 Å². The summed E-state index contributed by atoms with van der Waals surface area (Å²) in [4.78, 5) is 74.8. The zero-order valence-electron chi connectivity index (χ0n) is 26.9. The molecular formula is C31H44N2O14. The average molecular weight is 669 g/mol. The molecule has 8 unspecified atom stereocenters. The van der Waals surface area contributed by atoms with Crippen molar-refractivity contribution in [2.75, 3.05) is 26.4 Å². The molecule has 3 fully saturated rings. The Morgan fingerprint density at radius 1 is 1.02 bits per heavy atom. The second-order valence-electron chi connectivity index (χ2n) is 13.2. The summed E-state index contributed by atoms with van der Waals surface area (Å²) in [5.74, 6) is -0.906. The third-order valence-corrected chi connectivity index (χ3v) is 10.2. The molecule has 47 heavy (non-hydrogen) atoms. The number of aliphatic hydroxyl groups excluding tert-OH is 1. The van der Waals surface area contributed by atoms with Crippen molar-refractivity contribution in [1.29, 1.82) is 0 Å². The molecule has 0 aromatic rings. The van der Waals surface area contributed by atoms with Gasteiger partial charge in [-0.15, -0.1) is 20.2 Å². The second kappa shape index (κ2) is 16.2. The molecule has 3 saturated carbocycles. The molecule has 0 heterocycles. The fourth-order valence-corrected chi connectivity index (χ4v) is 8.50. The van der Waals surface area contributed by atoms with Gasteiger partial charge in [0.05, 0.1) is 25.9 Å². The summed E-state index contributed by atoms with van der Waals surface area (Å²) in [6.07, 6.45) is 7.60. The minimum atomic E-state index is -0.980. The Hall–Kier alpha value is -4.08. The van der Waals surface area contributed by atoms with Crippen molar-refractivity contribution in [3.8, 4) is 0 Å². The summed E-state index contributed by atoms with van der Waals surface area (Å²) in [6, 6.07) is 0.